The molecule has 128 valence electrons. The number of tetrazole rings is 1. The summed E-state index contributed by atoms with van der Waals surface area (Å²) in [5.74, 6) is 2.66. The zero-order valence-electron chi connectivity index (χ0n) is 14.0. The van der Waals surface area contributed by atoms with Crippen LogP contribution in [0.25, 0.3) is 0 Å². The average Bonchev–Trinajstić information content (AvgIpc) is 3.25. The van der Waals surface area contributed by atoms with Crippen molar-refractivity contribution >= 4 is 0 Å². The fourth-order valence-corrected chi connectivity index (χ4v) is 3.56. The Hall–Kier alpha value is -2.15. The van der Waals surface area contributed by atoms with Crippen LogP contribution in [0.4, 0.5) is 0 Å². The summed E-state index contributed by atoms with van der Waals surface area (Å²) in [4.78, 5) is 2.46. The maximum Gasteiger partial charge on any atom is 0.165 e. The van der Waals surface area contributed by atoms with Gasteiger partial charge in [0.05, 0.1) is 6.54 Å². The van der Waals surface area contributed by atoms with Crippen LogP contribution in [0.3, 0.4) is 0 Å². The van der Waals surface area contributed by atoms with Gasteiger partial charge < -0.3 is 9.47 Å². The Labute approximate surface area is 141 Å². The van der Waals surface area contributed by atoms with Crippen molar-refractivity contribution in [1.29, 1.82) is 0 Å². The molecule has 1 aromatic heterocycles. The van der Waals surface area contributed by atoms with E-state index in [0.29, 0.717) is 19.3 Å². The number of hydrogen-bond donors (Lipinski definition) is 0. The third kappa shape index (κ3) is 2.96. The number of aromatic nitrogens is 4. The molecular weight excluding hydrogens is 306 g/mol. The Morgan fingerprint density at radius 2 is 2.08 bits per heavy atom. The smallest absolute Gasteiger partial charge is 0.165 e. The standard InChI is InChI=1S/C17H23N5O2/c1-2-7-22-17(18-19-20-22)12-21-8-3-4-14(21)13-5-6-15-16(11-13)24-10-9-23-15/h5-6,11,14H,2-4,7-10,12H2,1H3/t14-/m1/s1. The van der Waals surface area contributed by atoms with Crippen LogP contribution < -0.4 is 9.47 Å². The van der Waals surface area contributed by atoms with Gasteiger partial charge in [-0.1, -0.05) is 13.0 Å². The first-order valence-electron chi connectivity index (χ1n) is 8.74. The number of benzene rings is 1. The molecule has 2 aromatic rings. The predicted molar refractivity (Wildman–Crippen MR) is 87.9 cm³/mol. The summed E-state index contributed by atoms with van der Waals surface area (Å²) in [6, 6.07) is 6.70. The summed E-state index contributed by atoms with van der Waals surface area (Å²) in [7, 11) is 0. The topological polar surface area (TPSA) is 65.3 Å². The zero-order valence-corrected chi connectivity index (χ0v) is 14.0. The maximum absolute atomic E-state index is 5.74. The number of rotatable bonds is 5. The second-order valence-corrected chi connectivity index (χ2v) is 6.35. The summed E-state index contributed by atoms with van der Waals surface area (Å²) in [6.45, 7) is 6.10. The molecule has 24 heavy (non-hydrogen) atoms. The molecule has 1 fully saturated rings. The van der Waals surface area contributed by atoms with Crippen molar-refractivity contribution < 1.29 is 9.47 Å². The number of likely N-dealkylation sites (tertiary alicyclic amines) is 1. The molecule has 2 aliphatic heterocycles. The lowest BCUT2D eigenvalue weighted by atomic mass is 10.0. The predicted octanol–water partition coefficient (Wildman–Crippen LogP) is 2.19. The van der Waals surface area contributed by atoms with Crippen molar-refractivity contribution in [2.45, 2.75) is 45.3 Å². The largest absolute Gasteiger partial charge is 0.486 e. The van der Waals surface area contributed by atoms with Crippen LogP contribution in [-0.4, -0.2) is 44.9 Å². The highest BCUT2D eigenvalue weighted by Crippen LogP contribution is 2.38. The van der Waals surface area contributed by atoms with Crippen molar-refractivity contribution in [3.8, 4) is 11.5 Å². The summed E-state index contributed by atoms with van der Waals surface area (Å²) in [6.07, 6.45) is 3.37. The molecule has 1 aromatic carbocycles. The van der Waals surface area contributed by atoms with Gasteiger partial charge in [-0.2, -0.15) is 0 Å². The minimum absolute atomic E-state index is 0.382. The summed E-state index contributed by atoms with van der Waals surface area (Å²) >= 11 is 0. The number of nitrogens with zero attached hydrogens (tertiary/aromatic N) is 5. The molecule has 4 rings (SSSR count). The minimum atomic E-state index is 0.382. The fraction of sp³-hybridized carbons (Fsp3) is 0.588. The molecule has 0 radical (unpaired) electrons. The highest BCUT2D eigenvalue weighted by atomic mass is 16.6. The normalized spacial score (nSPS) is 20.5. The fourth-order valence-electron chi connectivity index (χ4n) is 3.56. The quantitative estimate of drug-likeness (QED) is 0.838. The lowest BCUT2D eigenvalue weighted by molar-refractivity contribution is 0.170. The van der Waals surface area contributed by atoms with Gasteiger partial charge in [0.1, 0.15) is 13.2 Å². The summed E-state index contributed by atoms with van der Waals surface area (Å²) in [5.41, 5.74) is 1.28. The van der Waals surface area contributed by atoms with Crippen LogP contribution in [0, 0.1) is 0 Å². The average molecular weight is 329 g/mol. The molecule has 2 aliphatic rings. The molecular formula is C17H23N5O2. The molecule has 1 atom stereocenters. The van der Waals surface area contributed by atoms with Gasteiger partial charge in [0.15, 0.2) is 17.3 Å². The van der Waals surface area contributed by atoms with E-state index >= 15 is 0 Å². The van der Waals surface area contributed by atoms with Gasteiger partial charge in [0, 0.05) is 12.6 Å². The van der Waals surface area contributed by atoms with Crippen LogP contribution >= 0.6 is 0 Å². The van der Waals surface area contributed by atoms with E-state index in [1.54, 1.807) is 0 Å². The van der Waals surface area contributed by atoms with Crippen LogP contribution in [0.2, 0.25) is 0 Å². The Morgan fingerprint density at radius 3 is 2.96 bits per heavy atom. The van der Waals surface area contributed by atoms with Gasteiger partial charge in [-0.25, -0.2) is 4.68 Å². The lowest BCUT2D eigenvalue weighted by Gasteiger charge is -2.26. The van der Waals surface area contributed by atoms with Crippen LogP contribution in [0.5, 0.6) is 11.5 Å². The highest BCUT2D eigenvalue weighted by molar-refractivity contribution is 5.44. The van der Waals surface area contributed by atoms with Crippen LogP contribution in [0.15, 0.2) is 18.2 Å². The molecule has 0 spiro atoms. The Bertz CT molecular complexity index is 702. The van der Waals surface area contributed by atoms with E-state index in [1.807, 2.05) is 10.7 Å². The molecule has 0 N–H and O–H groups in total. The molecule has 0 bridgehead atoms. The molecule has 0 unspecified atom stereocenters. The van der Waals surface area contributed by atoms with E-state index in [0.717, 1.165) is 49.8 Å². The van der Waals surface area contributed by atoms with Crippen molar-refractivity contribution in [3.05, 3.63) is 29.6 Å². The molecule has 1 saturated heterocycles. The zero-order chi connectivity index (χ0) is 16.4. The minimum Gasteiger partial charge on any atom is -0.486 e. The summed E-state index contributed by atoms with van der Waals surface area (Å²) in [5, 5.41) is 12.1. The third-order valence-corrected chi connectivity index (χ3v) is 4.70. The van der Waals surface area contributed by atoms with E-state index in [9.17, 15) is 0 Å². The second kappa shape index (κ2) is 6.76. The van der Waals surface area contributed by atoms with Crippen molar-refractivity contribution in [2.75, 3.05) is 19.8 Å². The van der Waals surface area contributed by atoms with E-state index < -0.39 is 0 Å². The number of ether oxygens (including phenoxy) is 2. The molecule has 7 heteroatoms. The van der Waals surface area contributed by atoms with Crippen molar-refractivity contribution in [1.82, 2.24) is 25.1 Å². The third-order valence-electron chi connectivity index (χ3n) is 4.70. The first-order chi connectivity index (χ1) is 11.8. The van der Waals surface area contributed by atoms with Crippen LogP contribution in [0.1, 0.15) is 43.6 Å². The first-order valence-corrected chi connectivity index (χ1v) is 8.74. The van der Waals surface area contributed by atoms with Crippen LogP contribution in [-0.2, 0) is 13.1 Å². The van der Waals surface area contributed by atoms with E-state index in [4.69, 9.17) is 9.47 Å². The van der Waals surface area contributed by atoms with Gasteiger partial charge in [-0.05, 0) is 53.9 Å². The van der Waals surface area contributed by atoms with E-state index in [1.165, 1.54) is 12.0 Å². The van der Waals surface area contributed by atoms with Crippen molar-refractivity contribution in [3.63, 3.8) is 0 Å². The van der Waals surface area contributed by atoms with Gasteiger partial charge in [-0.3, -0.25) is 4.90 Å². The molecule has 0 saturated carbocycles. The molecule has 7 nitrogen and oxygen atoms in total. The number of fused-ring (bicyclic) bond motifs is 1. The lowest BCUT2D eigenvalue weighted by Crippen LogP contribution is -2.25. The van der Waals surface area contributed by atoms with Crippen molar-refractivity contribution in [2.24, 2.45) is 0 Å². The molecule has 3 heterocycles. The van der Waals surface area contributed by atoms with E-state index in [-0.39, 0.29) is 0 Å². The first kappa shape index (κ1) is 15.4. The SMILES string of the molecule is CCCn1nnnc1CN1CCC[C@@H]1c1ccc2c(c1)OCCO2. The summed E-state index contributed by atoms with van der Waals surface area (Å²) < 4.78 is 13.3. The van der Waals surface area contributed by atoms with E-state index in [2.05, 4.69) is 39.5 Å². The van der Waals surface area contributed by atoms with Gasteiger partial charge in [0.25, 0.3) is 0 Å². The van der Waals surface area contributed by atoms with Gasteiger partial charge in [0.2, 0.25) is 0 Å². The molecule has 0 amide bonds. The number of aryl methyl sites for hydroxylation is 1. The maximum atomic E-state index is 5.74. The Balaban J connectivity index is 1.53. The monoisotopic (exact) mass is 329 g/mol. The van der Waals surface area contributed by atoms with Gasteiger partial charge in [-0.15, -0.1) is 5.10 Å². The second-order valence-electron chi connectivity index (χ2n) is 6.35. The highest BCUT2D eigenvalue weighted by Gasteiger charge is 2.28. The van der Waals surface area contributed by atoms with Gasteiger partial charge >= 0.3 is 0 Å². The Kier molecular flexibility index (Phi) is 4.34. The molecule has 0 aliphatic carbocycles. The Morgan fingerprint density at radius 1 is 1.21 bits per heavy atom. The number of hydrogen-bond acceptors (Lipinski definition) is 6.